The Kier molecular flexibility index (Phi) is 6.29. The van der Waals surface area contributed by atoms with Crippen LogP contribution in [0.2, 0.25) is 0 Å². The minimum absolute atomic E-state index is 0.223. The van der Waals surface area contributed by atoms with Gasteiger partial charge in [0.1, 0.15) is 6.10 Å². The van der Waals surface area contributed by atoms with Gasteiger partial charge in [0.15, 0.2) is 0 Å². The van der Waals surface area contributed by atoms with Crippen molar-refractivity contribution in [2.24, 2.45) is 5.41 Å². The van der Waals surface area contributed by atoms with Crippen LogP contribution in [0.3, 0.4) is 0 Å². The Balaban J connectivity index is 3.18. The average molecular weight is 190 g/mol. The normalized spacial score (nSPS) is 14.5. The topological polar surface area (TPSA) is 49.7 Å². The van der Waals surface area contributed by atoms with Crippen LogP contribution in [-0.4, -0.2) is 36.1 Å². The maximum Gasteiger partial charge on any atom is 0.100 e. The standard InChI is InChI=1S/C10H22O3/c1-10(2,3)5-4-6-13-8-9(12)7-11/h9,11-12H,4-8H2,1-3H3. The van der Waals surface area contributed by atoms with Gasteiger partial charge in [-0.1, -0.05) is 20.8 Å². The van der Waals surface area contributed by atoms with Crippen LogP contribution in [0.1, 0.15) is 33.6 Å². The fraction of sp³-hybridized carbons (Fsp3) is 1.00. The van der Waals surface area contributed by atoms with Crippen LogP contribution >= 0.6 is 0 Å². The Hall–Kier alpha value is -0.120. The molecule has 3 nitrogen and oxygen atoms in total. The van der Waals surface area contributed by atoms with Crippen LogP contribution in [0.15, 0.2) is 0 Å². The van der Waals surface area contributed by atoms with E-state index in [-0.39, 0.29) is 13.2 Å². The molecule has 0 saturated heterocycles. The number of hydrogen-bond donors (Lipinski definition) is 2. The molecule has 0 fully saturated rings. The summed E-state index contributed by atoms with van der Waals surface area (Å²) in [6.45, 7) is 7.24. The molecule has 0 bridgehead atoms. The summed E-state index contributed by atoms with van der Waals surface area (Å²) < 4.78 is 5.17. The van der Waals surface area contributed by atoms with Gasteiger partial charge >= 0.3 is 0 Å². The quantitative estimate of drug-likeness (QED) is 0.618. The lowest BCUT2D eigenvalue weighted by Gasteiger charge is -2.17. The molecule has 13 heavy (non-hydrogen) atoms. The summed E-state index contributed by atoms with van der Waals surface area (Å²) in [6.07, 6.45) is 1.39. The SMILES string of the molecule is CC(C)(C)CCCOCC(O)CO. The van der Waals surface area contributed by atoms with E-state index in [4.69, 9.17) is 14.9 Å². The van der Waals surface area contributed by atoms with E-state index in [2.05, 4.69) is 20.8 Å². The third kappa shape index (κ3) is 9.80. The Morgan fingerprint density at radius 2 is 1.92 bits per heavy atom. The zero-order chi connectivity index (χ0) is 10.3. The molecular weight excluding hydrogens is 168 g/mol. The van der Waals surface area contributed by atoms with E-state index in [0.717, 1.165) is 12.8 Å². The molecule has 0 amide bonds. The molecule has 0 rings (SSSR count). The number of hydrogen-bond acceptors (Lipinski definition) is 3. The number of aliphatic hydroxyl groups excluding tert-OH is 2. The zero-order valence-electron chi connectivity index (χ0n) is 8.92. The van der Waals surface area contributed by atoms with Crippen LogP contribution in [0.25, 0.3) is 0 Å². The van der Waals surface area contributed by atoms with Crippen molar-refractivity contribution in [2.75, 3.05) is 19.8 Å². The highest BCUT2D eigenvalue weighted by Crippen LogP contribution is 2.20. The molecule has 0 spiro atoms. The number of rotatable bonds is 6. The lowest BCUT2D eigenvalue weighted by atomic mass is 9.91. The summed E-state index contributed by atoms with van der Waals surface area (Å²) in [4.78, 5) is 0. The van der Waals surface area contributed by atoms with Crippen LogP contribution in [0.4, 0.5) is 0 Å². The summed E-state index contributed by atoms with van der Waals surface area (Å²) in [5.41, 5.74) is 0.346. The van der Waals surface area contributed by atoms with E-state index in [9.17, 15) is 0 Å². The molecule has 0 aromatic rings. The summed E-state index contributed by atoms with van der Waals surface area (Å²) in [7, 11) is 0. The van der Waals surface area contributed by atoms with Gasteiger partial charge < -0.3 is 14.9 Å². The maximum absolute atomic E-state index is 8.94. The van der Waals surface area contributed by atoms with Gasteiger partial charge in [0, 0.05) is 6.61 Å². The van der Waals surface area contributed by atoms with Gasteiger partial charge in [0.05, 0.1) is 13.2 Å². The van der Waals surface area contributed by atoms with Gasteiger partial charge in [-0.25, -0.2) is 0 Å². The first kappa shape index (κ1) is 12.9. The van der Waals surface area contributed by atoms with Gasteiger partial charge in [0.25, 0.3) is 0 Å². The van der Waals surface area contributed by atoms with Crippen LogP contribution < -0.4 is 0 Å². The monoisotopic (exact) mass is 190 g/mol. The first-order valence-corrected chi connectivity index (χ1v) is 4.82. The Labute approximate surface area is 80.7 Å². The fourth-order valence-corrected chi connectivity index (χ4v) is 0.977. The van der Waals surface area contributed by atoms with Crippen LogP contribution in [-0.2, 0) is 4.74 Å². The third-order valence-corrected chi connectivity index (χ3v) is 1.74. The Bertz CT molecular complexity index is 118. The highest BCUT2D eigenvalue weighted by molar-refractivity contribution is 4.60. The second-order valence-electron chi connectivity index (χ2n) is 4.58. The number of aliphatic hydroxyl groups is 2. The molecule has 0 aliphatic heterocycles. The van der Waals surface area contributed by atoms with Gasteiger partial charge in [-0.05, 0) is 18.3 Å². The van der Waals surface area contributed by atoms with E-state index in [1.54, 1.807) is 0 Å². The highest BCUT2D eigenvalue weighted by atomic mass is 16.5. The maximum atomic E-state index is 8.94. The molecule has 0 saturated carbocycles. The van der Waals surface area contributed by atoms with Gasteiger partial charge in [-0.2, -0.15) is 0 Å². The molecule has 0 radical (unpaired) electrons. The molecule has 0 aliphatic rings. The van der Waals surface area contributed by atoms with Crippen molar-refractivity contribution in [1.82, 2.24) is 0 Å². The molecule has 0 aliphatic carbocycles. The van der Waals surface area contributed by atoms with Gasteiger partial charge in [-0.3, -0.25) is 0 Å². The van der Waals surface area contributed by atoms with Crippen molar-refractivity contribution in [3.63, 3.8) is 0 Å². The molecule has 0 aromatic heterocycles. The molecule has 1 unspecified atom stereocenters. The molecule has 0 aromatic carbocycles. The van der Waals surface area contributed by atoms with Crippen molar-refractivity contribution < 1.29 is 14.9 Å². The Morgan fingerprint density at radius 3 is 2.38 bits per heavy atom. The largest absolute Gasteiger partial charge is 0.394 e. The molecular formula is C10H22O3. The fourth-order valence-electron chi connectivity index (χ4n) is 0.977. The molecule has 2 N–H and O–H groups in total. The highest BCUT2D eigenvalue weighted by Gasteiger charge is 2.09. The summed E-state index contributed by atoms with van der Waals surface area (Å²) in [5.74, 6) is 0. The van der Waals surface area contributed by atoms with Crippen LogP contribution in [0, 0.1) is 5.41 Å². The number of ether oxygens (including phenoxy) is 1. The van der Waals surface area contributed by atoms with Crippen molar-refractivity contribution >= 4 is 0 Å². The summed E-state index contributed by atoms with van der Waals surface area (Å²) in [6, 6.07) is 0. The second kappa shape index (κ2) is 6.35. The summed E-state index contributed by atoms with van der Waals surface area (Å²) in [5, 5.41) is 17.4. The predicted octanol–water partition coefficient (Wildman–Crippen LogP) is 1.18. The minimum atomic E-state index is -0.727. The van der Waals surface area contributed by atoms with E-state index in [1.165, 1.54) is 0 Å². The zero-order valence-corrected chi connectivity index (χ0v) is 8.92. The van der Waals surface area contributed by atoms with E-state index < -0.39 is 6.10 Å². The Morgan fingerprint density at radius 1 is 1.31 bits per heavy atom. The lowest BCUT2D eigenvalue weighted by molar-refractivity contribution is 0.00392. The first-order chi connectivity index (χ1) is 5.95. The van der Waals surface area contributed by atoms with Crippen molar-refractivity contribution in [3.05, 3.63) is 0 Å². The van der Waals surface area contributed by atoms with E-state index in [1.807, 2.05) is 0 Å². The lowest BCUT2D eigenvalue weighted by Crippen LogP contribution is -2.20. The first-order valence-electron chi connectivity index (χ1n) is 4.82. The van der Waals surface area contributed by atoms with Crippen molar-refractivity contribution in [2.45, 2.75) is 39.7 Å². The van der Waals surface area contributed by atoms with Gasteiger partial charge in [-0.15, -0.1) is 0 Å². The summed E-state index contributed by atoms with van der Waals surface area (Å²) >= 11 is 0. The molecule has 1 atom stereocenters. The second-order valence-corrected chi connectivity index (χ2v) is 4.58. The third-order valence-electron chi connectivity index (χ3n) is 1.74. The van der Waals surface area contributed by atoms with E-state index in [0.29, 0.717) is 12.0 Å². The molecule has 80 valence electrons. The van der Waals surface area contributed by atoms with E-state index >= 15 is 0 Å². The average Bonchev–Trinajstić information content (AvgIpc) is 2.01. The minimum Gasteiger partial charge on any atom is -0.394 e. The van der Waals surface area contributed by atoms with Crippen molar-refractivity contribution in [3.8, 4) is 0 Å². The van der Waals surface area contributed by atoms with Crippen molar-refractivity contribution in [1.29, 1.82) is 0 Å². The smallest absolute Gasteiger partial charge is 0.100 e. The molecule has 0 heterocycles. The van der Waals surface area contributed by atoms with Gasteiger partial charge in [0.2, 0.25) is 0 Å². The van der Waals surface area contributed by atoms with Crippen LogP contribution in [0.5, 0.6) is 0 Å². The molecule has 3 heteroatoms. The predicted molar refractivity (Wildman–Crippen MR) is 52.6 cm³/mol.